The van der Waals surface area contributed by atoms with Crippen LogP contribution in [0.2, 0.25) is 0 Å². The fraction of sp³-hybridized carbons (Fsp3) is 0.909. The SMILES string of the molecule is NC[C@H]1CC[C@@]2(CCN(CC(=O)O)C2)C1. The van der Waals surface area contributed by atoms with Gasteiger partial charge in [0.15, 0.2) is 0 Å². The van der Waals surface area contributed by atoms with Crippen molar-refractivity contribution in [3.8, 4) is 0 Å². The summed E-state index contributed by atoms with van der Waals surface area (Å²) >= 11 is 0. The van der Waals surface area contributed by atoms with Crippen molar-refractivity contribution >= 4 is 5.97 Å². The lowest BCUT2D eigenvalue weighted by Crippen LogP contribution is -2.30. The molecule has 0 unspecified atom stereocenters. The Bertz CT molecular complexity index is 257. The molecule has 1 spiro atoms. The van der Waals surface area contributed by atoms with Crippen LogP contribution in [0.15, 0.2) is 0 Å². The van der Waals surface area contributed by atoms with Crippen LogP contribution in [-0.2, 0) is 4.79 Å². The van der Waals surface area contributed by atoms with Gasteiger partial charge in [-0.1, -0.05) is 0 Å². The Balaban J connectivity index is 1.89. The molecule has 3 N–H and O–H groups in total. The zero-order valence-electron chi connectivity index (χ0n) is 9.11. The summed E-state index contributed by atoms with van der Waals surface area (Å²) in [7, 11) is 0. The number of nitrogens with two attached hydrogens (primary N) is 1. The fourth-order valence-corrected chi connectivity index (χ4v) is 3.25. The molecule has 86 valence electrons. The number of carbonyl (C=O) groups is 1. The van der Waals surface area contributed by atoms with E-state index >= 15 is 0 Å². The second kappa shape index (κ2) is 4.10. The molecule has 0 aromatic carbocycles. The van der Waals surface area contributed by atoms with Gasteiger partial charge in [-0.25, -0.2) is 0 Å². The van der Waals surface area contributed by atoms with Gasteiger partial charge in [0, 0.05) is 6.54 Å². The van der Waals surface area contributed by atoms with Crippen molar-refractivity contribution in [2.24, 2.45) is 17.1 Å². The number of hydrogen-bond donors (Lipinski definition) is 2. The first-order valence-corrected chi connectivity index (χ1v) is 5.78. The van der Waals surface area contributed by atoms with E-state index in [0.29, 0.717) is 11.3 Å². The van der Waals surface area contributed by atoms with Gasteiger partial charge in [0.25, 0.3) is 0 Å². The molecule has 2 fully saturated rings. The second-order valence-electron chi connectivity index (χ2n) is 5.20. The first-order valence-electron chi connectivity index (χ1n) is 5.78. The Labute approximate surface area is 90.4 Å². The number of carboxylic acids is 1. The Morgan fingerprint density at radius 3 is 2.93 bits per heavy atom. The van der Waals surface area contributed by atoms with Gasteiger partial charge in [-0.05, 0) is 50.1 Å². The molecule has 1 saturated heterocycles. The third kappa shape index (κ3) is 2.32. The lowest BCUT2D eigenvalue weighted by atomic mass is 9.84. The van der Waals surface area contributed by atoms with Crippen LogP contribution in [0, 0.1) is 11.3 Å². The number of rotatable bonds is 3. The predicted octanol–water partition coefficient (Wildman–Crippen LogP) is 0.522. The molecule has 4 nitrogen and oxygen atoms in total. The van der Waals surface area contributed by atoms with E-state index < -0.39 is 5.97 Å². The van der Waals surface area contributed by atoms with Gasteiger partial charge in [-0.3, -0.25) is 9.69 Å². The van der Waals surface area contributed by atoms with Crippen molar-refractivity contribution in [2.75, 3.05) is 26.2 Å². The molecule has 15 heavy (non-hydrogen) atoms. The van der Waals surface area contributed by atoms with Crippen molar-refractivity contribution < 1.29 is 9.90 Å². The molecule has 1 aliphatic heterocycles. The highest BCUT2D eigenvalue weighted by molar-refractivity contribution is 5.69. The van der Waals surface area contributed by atoms with Gasteiger partial charge in [0.1, 0.15) is 0 Å². The van der Waals surface area contributed by atoms with Crippen LogP contribution < -0.4 is 5.73 Å². The molecule has 0 bridgehead atoms. The Morgan fingerprint density at radius 2 is 2.33 bits per heavy atom. The maximum atomic E-state index is 10.6. The van der Waals surface area contributed by atoms with Gasteiger partial charge in [0.2, 0.25) is 0 Å². The van der Waals surface area contributed by atoms with Crippen LogP contribution in [0.4, 0.5) is 0 Å². The van der Waals surface area contributed by atoms with Crippen LogP contribution in [0.3, 0.4) is 0 Å². The van der Waals surface area contributed by atoms with Crippen molar-refractivity contribution in [3.63, 3.8) is 0 Å². The van der Waals surface area contributed by atoms with Crippen LogP contribution in [-0.4, -0.2) is 42.2 Å². The van der Waals surface area contributed by atoms with Crippen LogP contribution in [0.5, 0.6) is 0 Å². The molecule has 0 aromatic rings. The summed E-state index contributed by atoms with van der Waals surface area (Å²) in [6, 6.07) is 0. The molecule has 0 radical (unpaired) electrons. The number of hydrogen-bond acceptors (Lipinski definition) is 3. The highest BCUT2D eigenvalue weighted by atomic mass is 16.4. The van der Waals surface area contributed by atoms with Crippen molar-refractivity contribution in [1.29, 1.82) is 0 Å². The number of carboxylic acid groups (broad SMARTS) is 1. The molecule has 2 aliphatic rings. The van der Waals surface area contributed by atoms with Crippen molar-refractivity contribution in [2.45, 2.75) is 25.7 Å². The third-order valence-corrected chi connectivity index (χ3v) is 4.01. The van der Waals surface area contributed by atoms with E-state index in [0.717, 1.165) is 26.1 Å². The molecule has 2 rings (SSSR count). The minimum absolute atomic E-state index is 0.203. The number of likely N-dealkylation sites (tertiary alicyclic amines) is 1. The van der Waals surface area contributed by atoms with Crippen LogP contribution in [0.25, 0.3) is 0 Å². The molecule has 4 heteroatoms. The highest BCUT2D eigenvalue weighted by Gasteiger charge is 2.43. The van der Waals surface area contributed by atoms with E-state index in [1.54, 1.807) is 0 Å². The van der Waals surface area contributed by atoms with E-state index in [1.807, 2.05) is 0 Å². The zero-order chi connectivity index (χ0) is 10.9. The largest absolute Gasteiger partial charge is 0.480 e. The Morgan fingerprint density at radius 1 is 1.53 bits per heavy atom. The number of nitrogens with zero attached hydrogens (tertiary/aromatic N) is 1. The number of aliphatic carboxylic acids is 1. The van der Waals surface area contributed by atoms with E-state index in [9.17, 15) is 4.79 Å². The quantitative estimate of drug-likeness (QED) is 0.716. The molecular formula is C11H20N2O2. The lowest BCUT2D eigenvalue weighted by molar-refractivity contribution is -0.138. The minimum atomic E-state index is -0.708. The Hall–Kier alpha value is -0.610. The normalized spacial score (nSPS) is 36.5. The summed E-state index contributed by atoms with van der Waals surface area (Å²) in [5, 5.41) is 8.74. The van der Waals surface area contributed by atoms with Gasteiger partial charge in [0.05, 0.1) is 6.54 Å². The minimum Gasteiger partial charge on any atom is -0.480 e. The van der Waals surface area contributed by atoms with E-state index in [-0.39, 0.29) is 6.54 Å². The molecule has 0 amide bonds. The first kappa shape index (κ1) is 10.9. The molecule has 1 aliphatic carbocycles. The van der Waals surface area contributed by atoms with Crippen LogP contribution >= 0.6 is 0 Å². The summed E-state index contributed by atoms with van der Waals surface area (Å²) in [5.41, 5.74) is 6.09. The first-order chi connectivity index (χ1) is 7.13. The molecule has 2 atom stereocenters. The van der Waals surface area contributed by atoms with E-state index in [1.165, 1.54) is 19.3 Å². The molecule has 1 saturated carbocycles. The van der Waals surface area contributed by atoms with Gasteiger partial charge >= 0.3 is 5.97 Å². The molecule has 1 heterocycles. The summed E-state index contributed by atoms with van der Waals surface area (Å²) in [4.78, 5) is 12.7. The van der Waals surface area contributed by atoms with Crippen molar-refractivity contribution in [3.05, 3.63) is 0 Å². The summed E-state index contributed by atoms with van der Waals surface area (Å²) in [6.07, 6.45) is 4.85. The van der Waals surface area contributed by atoms with Crippen LogP contribution in [0.1, 0.15) is 25.7 Å². The second-order valence-corrected chi connectivity index (χ2v) is 5.20. The topological polar surface area (TPSA) is 66.6 Å². The molecule has 0 aromatic heterocycles. The Kier molecular flexibility index (Phi) is 2.98. The fourth-order valence-electron chi connectivity index (χ4n) is 3.25. The van der Waals surface area contributed by atoms with Gasteiger partial charge in [-0.2, -0.15) is 0 Å². The zero-order valence-corrected chi connectivity index (χ0v) is 9.11. The summed E-state index contributed by atoms with van der Waals surface area (Å²) in [5.74, 6) is -0.0322. The average molecular weight is 212 g/mol. The highest BCUT2D eigenvalue weighted by Crippen LogP contribution is 2.47. The van der Waals surface area contributed by atoms with E-state index in [4.69, 9.17) is 10.8 Å². The maximum Gasteiger partial charge on any atom is 0.317 e. The van der Waals surface area contributed by atoms with Gasteiger partial charge < -0.3 is 10.8 Å². The van der Waals surface area contributed by atoms with E-state index in [2.05, 4.69) is 4.90 Å². The smallest absolute Gasteiger partial charge is 0.317 e. The predicted molar refractivity (Wildman–Crippen MR) is 57.5 cm³/mol. The third-order valence-electron chi connectivity index (χ3n) is 4.01. The monoisotopic (exact) mass is 212 g/mol. The molecular weight excluding hydrogens is 192 g/mol. The average Bonchev–Trinajstić information content (AvgIpc) is 2.74. The lowest BCUT2D eigenvalue weighted by Gasteiger charge is -2.23. The van der Waals surface area contributed by atoms with Crippen molar-refractivity contribution in [1.82, 2.24) is 4.90 Å². The summed E-state index contributed by atoms with van der Waals surface area (Å²) in [6.45, 7) is 2.91. The van der Waals surface area contributed by atoms with Gasteiger partial charge in [-0.15, -0.1) is 0 Å². The standard InChI is InChI=1S/C11H20N2O2/c12-6-9-1-2-11(5-9)3-4-13(8-11)7-10(14)15/h9H,1-8,12H2,(H,14,15)/t9-,11+/m0/s1. The maximum absolute atomic E-state index is 10.6. The summed E-state index contributed by atoms with van der Waals surface area (Å²) < 4.78 is 0.